The van der Waals surface area contributed by atoms with Crippen molar-refractivity contribution in [2.75, 3.05) is 0 Å². The van der Waals surface area contributed by atoms with Crippen LogP contribution in [0.2, 0.25) is 0 Å². The summed E-state index contributed by atoms with van der Waals surface area (Å²) in [6.07, 6.45) is -0.701. The van der Waals surface area contributed by atoms with Gasteiger partial charge in [0.25, 0.3) is 5.91 Å². The van der Waals surface area contributed by atoms with Crippen LogP contribution in [0.25, 0.3) is 0 Å². The van der Waals surface area contributed by atoms with E-state index in [-0.39, 0.29) is 5.56 Å². The van der Waals surface area contributed by atoms with Gasteiger partial charge in [-0.1, -0.05) is 30.3 Å². The molecule has 1 aromatic rings. The van der Waals surface area contributed by atoms with Crippen LogP contribution in [-0.2, 0) is 9.59 Å². The average Bonchev–Trinajstić information content (AvgIpc) is 2.36. The molecule has 1 atom stereocenters. The van der Waals surface area contributed by atoms with Crippen molar-refractivity contribution in [3.63, 3.8) is 0 Å². The fourth-order valence-electron chi connectivity index (χ4n) is 1.49. The molecule has 1 rings (SSSR count). The summed E-state index contributed by atoms with van der Waals surface area (Å²) >= 11 is 0. The number of hydrogen-bond acceptors (Lipinski definition) is 5. The zero-order valence-electron chi connectivity index (χ0n) is 9.42. The van der Waals surface area contributed by atoms with Crippen molar-refractivity contribution < 1.29 is 19.6 Å². The number of amides is 2. The molecule has 0 spiro atoms. The van der Waals surface area contributed by atoms with E-state index in [0.29, 0.717) is 0 Å². The summed E-state index contributed by atoms with van der Waals surface area (Å²) < 4.78 is 0. The van der Waals surface area contributed by atoms with E-state index in [9.17, 15) is 14.4 Å². The van der Waals surface area contributed by atoms with Crippen molar-refractivity contribution >= 4 is 17.6 Å². The molecule has 7 heteroatoms. The van der Waals surface area contributed by atoms with Crippen LogP contribution in [0.4, 0.5) is 0 Å². The minimum atomic E-state index is -2.22. The molecule has 96 valence electrons. The van der Waals surface area contributed by atoms with Gasteiger partial charge in [-0.25, -0.2) is 5.48 Å². The largest absolute Gasteiger partial charge is 0.370 e. The molecule has 0 aliphatic carbocycles. The van der Waals surface area contributed by atoms with E-state index in [1.807, 2.05) is 0 Å². The molecule has 1 unspecified atom stereocenters. The molecular formula is C11H13N3O4. The SMILES string of the molecule is NC(=O)CC(N)(C(=O)NO)C(=O)c1ccccc1. The first-order chi connectivity index (χ1) is 8.41. The topological polar surface area (TPSA) is 136 Å². The number of nitrogens with two attached hydrogens (primary N) is 2. The lowest BCUT2D eigenvalue weighted by molar-refractivity contribution is -0.135. The lowest BCUT2D eigenvalue weighted by Gasteiger charge is -2.23. The third-order valence-corrected chi connectivity index (χ3v) is 2.40. The van der Waals surface area contributed by atoms with Gasteiger partial charge in [0.1, 0.15) is 0 Å². The zero-order valence-corrected chi connectivity index (χ0v) is 9.42. The molecule has 0 radical (unpaired) electrons. The molecule has 6 N–H and O–H groups in total. The third kappa shape index (κ3) is 2.70. The van der Waals surface area contributed by atoms with Crippen molar-refractivity contribution in [1.29, 1.82) is 0 Å². The summed E-state index contributed by atoms with van der Waals surface area (Å²) in [6.45, 7) is 0. The Bertz CT molecular complexity index is 474. The second-order valence-corrected chi connectivity index (χ2v) is 3.75. The van der Waals surface area contributed by atoms with E-state index in [2.05, 4.69) is 0 Å². The lowest BCUT2D eigenvalue weighted by Crippen LogP contribution is -2.60. The molecule has 0 aromatic heterocycles. The van der Waals surface area contributed by atoms with Crippen LogP contribution in [0.5, 0.6) is 0 Å². The summed E-state index contributed by atoms with van der Waals surface area (Å²) in [5.74, 6) is -2.91. The number of nitrogens with one attached hydrogen (secondary N) is 1. The molecular weight excluding hydrogens is 238 g/mol. The number of hydroxylamine groups is 1. The fraction of sp³-hybridized carbons (Fsp3) is 0.182. The Hall–Kier alpha value is -2.25. The molecule has 0 fully saturated rings. The van der Waals surface area contributed by atoms with Gasteiger partial charge in [0.05, 0.1) is 6.42 Å². The third-order valence-electron chi connectivity index (χ3n) is 2.40. The van der Waals surface area contributed by atoms with Gasteiger partial charge in [-0.3, -0.25) is 19.6 Å². The first kappa shape index (κ1) is 13.8. The molecule has 0 heterocycles. The molecule has 1 aromatic carbocycles. The van der Waals surface area contributed by atoms with Gasteiger partial charge in [-0.2, -0.15) is 0 Å². The number of Topliss-reactive ketones (excluding diaryl/α,β-unsaturated/α-hetero) is 1. The molecule has 0 saturated heterocycles. The predicted molar refractivity (Wildman–Crippen MR) is 61.4 cm³/mol. The Morgan fingerprint density at radius 1 is 1.22 bits per heavy atom. The maximum absolute atomic E-state index is 12.1. The van der Waals surface area contributed by atoms with Gasteiger partial charge >= 0.3 is 0 Å². The van der Waals surface area contributed by atoms with E-state index in [4.69, 9.17) is 16.7 Å². The van der Waals surface area contributed by atoms with Crippen LogP contribution in [0, 0.1) is 0 Å². The fourth-order valence-corrected chi connectivity index (χ4v) is 1.49. The molecule has 0 aliphatic rings. The van der Waals surface area contributed by atoms with Gasteiger partial charge in [0.2, 0.25) is 5.91 Å². The highest BCUT2D eigenvalue weighted by Crippen LogP contribution is 2.15. The van der Waals surface area contributed by atoms with Crippen LogP contribution >= 0.6 is 0 Å². The number of benzene rings is 1. The molecule has 2 amide bonds. The Kier molecular flexibility index (Phi) is 4.13. The average molecular weight is 251 g/mol. The second kappa shape index (κ2) is 5.39. The van der Waals surface area contributed by atoms with Crippen LogP contribution in [-0.4, -0.2) is 28.3 Å². The van der Waals surface area contributed by atoms with Crippen LogP contribution in [0.3, 0.4) is 0 Å². The minimum absolute atomic E-state index is 0.143. The number of primary amides is 1. The highest BCUT2D eigenvalue weighted by atomic mass is 16.5. The minimum Gasteiger partial charge on any atom is -0.370 e. The van der Waals surface area contributed by atoms with E-state index < -0.39 is 29.6 Å². The molecule has 0 bridgehead atoms. The summed E-state index contributed by atoms with van der Waals surface area (Å²) in [5, 5.41) is 8.60. The lowest BCUT2D eigenvalue weighted by atomic mass is 9.86. The molecule has 7 nitrogen and oxygen atoms in total. The van der Waals surface area contributed by atoms with Crippen molar-refractivity contribution in [2.24, 2.45) is 11.5 Å². The van der Waals surface area contributed by atoms with Gasteiger partial charge in [-0.15, -0.1) is 0 Å². The second-order valence-electron chi connectivity index (χ2n) is 3.75. The number of hydrogen-bond donors (Lipinski definition) is 4. The number of carbonyl (C=O) groups is 3. The maximum atomic E-state index is 12.1. The van der Waals surface area contributed by atoms with E-state index >= 15 is 0 Å². The summed E-state index contributed by atoms with van der Waals surface area (Å²) in [4.78, 5) is 34.5. The number of ketones is 1. The van der Waals surface area contributed by atoms with E-state index in [0.717, 1.165) is 0 Å². The van der Waals surface area contributed by atoms with Gasteiger partial charge in [0, 0.05) is 5.56 Å². The van der Waals surface area contributed by atoms with E-state index in [1.165, 1.54) is 17.6 Å². The van der Waals surface area contributed by atoms with Crippen LogP contribution in [0.15, 0.2) is 30.3 Å². The van der Waals surface area contributed by atoms with Crippen molar-refractivity contribution in [2.45, 2.75) is 12.0 Å². The smallest absolute Gasteiger partial charge is 0.272 e. The Morgan fingerprint density at radius 3 is 2.22 bits per heavy atom. The highest BCUT2D eigenvalue weighted by molar-refractivity contribution is 6.19. The summed E-state index contributed by atoms with van der Waals surface area (Å²) in [5.41, 5.74) is 9.75. The highest BCUT2D eigenvalue weighted by Gasteiger charge is 2.43. The maximum Gasteiger partial charge on any atom is 0.272 e. The zero-order chi connectivity index (χ0) is 13.8. The van der Waals surface area contributed by atoms with E-state index in [1.54, 1.807) is 18.2 Å². The van der Waals surface area contributed by atoms with Crippen LogP contribution in [0.1, 0.15) is 16.8 Å². The van der Waals surface area contributed by atoms with Crippen LogP contribution < -0.4 is 16.9 Å². The summed E-state index contributed by atoms with van der Waals surface area (Å²) in [7, 11) is 0. The molecule has 18 heavy (non-hydrogen) atoms. The quantitative estimate of drug-likeness (QED) is 0.229. The first-order valence-electron chi connectivity index (χ1n) is 5.03. The Labute approximate surface area is 103 Å². The monoisotopic (exact) mass is 251 g/mol. The first-order valence-corrected chi connectivity index (χ1v) is 5.03. The predicted octanol–water partition coefficient (Wildman–Crippen LogP) is -1.05. The number of carbonyl (C=O) groups excluding carboxylic acids is 3. The standard InChI is InChI=1S/C11H13N3O4/c12-8(15)6-11(13,10(17)14-18)9(16)7-4-2-1-3-5-7/h1-5,18H,6,13H2,(H2,12,15)(H,14,17). The Balaban J connectivity index is 3.15. The van der Waals surface area contributed by atoms with Gasteiger partial charge in [0.15, 0.2) is 11.3 Å². The number of rotatable bonds is 5. The van der Waals surface area contributed by atoms with Crippen molar-refractivity contribution in [3.8, 4) is 0 Å². The Morgan fingerprint density at radius 2 is 1.78 bits per heavy atom. The molecule has 0 aliphatic heterocycles. The summed E-state index contributed by atoms with van der Waals surface area (Å²) in [6, 6.07) is 7.71. The van der Waals surface area contributed by atoms with Crippen molar-refractivity contribution in [3.05, 3.63) is 35.9 Å². The molecule has 0 saturated carbocycles. The normalized spacial score (nSPS) is 13.4. The van der Waals surface area contributed by atoms with Gasteiger partial charge < -0.3 is 11.5 Å². The van der Waals surface area contributed by atoms with Crippen molar-refractivity contribution in [1.82, 2.24) is 5.48 Å². The van der Waals surface area contributed by atoms with Gasteiger partial charge in [-0.05, 0) is 0 Å².